The van der Waals surface area contributed by atoms with E-state index in [1.165, 1.54) is 30.3 Å². The lowest BCUT2D eigenvalue weighted by Crippen LogP contribution is -2.16. The van der Waals surface area contributed by atoms with Gasteiger partial charge in [-0.05, 0) is 37.6 Å². The molecular formula is C16H16N2O6S. The average Bonchev–Trinajstić information content (AvgIpc) is 2.56. The first-order chi connectivity index (χ1) is 11.8. The van der Waals surface area contributed by atoms with Crippen LogP contribution in [-0.2, 0) is 14.8 Å². The Balaban J connectivity index is 2.45. The van der Waals surface area contributed by atoms with Crippen LogP contribution in [0, 0.1) is 17.0 Å². The van der Waals surface area contributed by atoms with E-state index >= 15 is 0 Å². The SMILES string of the molecule is CCOC(=O)c1cccc(NS(=O)(=O)c2ccccc2[N+](=O)[O-])c1C. The number of anilines is 1. The van der Waals surface area contributed by atoms with Gasteiger partial charge in [-0.2, -0.15) is 0 Å². The molecule has 0 amide bonds. The first-order valence-corrected chi connectivity index (χ1v) is 8.79. The van der Waals surface area contributed by atoms with Crippen molar-refractivity contribution < 1.29 is 22.9 Å². The zero-order chi connectivity index (χ0) is 18.6. The molecule has 2 aromatic carbocycles. The maximum absolute atomic E-state index is 12.6. The summed E-state index contributed by atoms with van der Waals surface area (Å²) in [4.78, 5) is 21.7. The van der Waals surface area contributed by atoms with Crippen LogP contribution in [0.25, 0.3) is 0 Å². The quantitative estimate of drug-likeness (QED) is 0.479. The number of nitrogens with one attached hydrogen (secondary N) is 1. The average molecular weight is 364 g/mol. The normalized spacial score (nSPS) is 11.0. The van der Waals surface area contributed by atoms with Gasteiger partial charge in [0.15, 0.2) is 4.90 Å². The summed E-state index contributed by atoms with van der Waals surface area (Å²) in [6.07, 6.45) is 0. The van der Waals surface area contributed by atoms with E-state index in [0.29, 0.717) is 5.56 Å². The summed E-state index contributed by atoms with van der Waals surface area (Å²) in [5.41, 5.74) is 0.186. The lowest BCUT2D eigenvalue weighted by Gasteiger charge is -2.13. The lowest BCUT2D eigenvalue weighted by atomic mass is 10.1. The summed E-state index contributed by atoms with van der Waals surface area (Å²) in [6.45, 7) is 3.41. The van der Waals surface area contributed by atoms with Gasteiger partial charge in [0.25, 0.3) is 15.7 Å². The van der Waals surface area contributed by atoms with Crippen LogP contribution >= 0.6 is 0 Å². The van der Waals surface area contributed by atoms with Crippen LogP contribution in [0.15, 0.2) is 47.4 Å². The van der Waals surface area contributed by atoms with Crippen molar-refractivity contribution in [2.45, 2.75) is 18.7 Å². The molecule has 0 radical (unpaired) electrons. The van der Waals surface area contributed by atoms with Gasteiger partial charge in [-0.15, -0.1) is 0 Å². The molecule has 0 atom stereocenters. The number of esters is 1. The minimum Gasteiger partial charge on any atom is -0.462 e. The summed E-state index contributed by atoms with van der Waals surface area (Å²) in [6, 6.07) is 9.49. The van der Waals surface area contributed by atoms with E-state index in [1.54, 1.807) is 13.8 Å². The second-order valence-electron chi connectivity index (χ2n) is 5.03. The lowest BCUT2D eigenvalue weighted by molar-refractivity contribution is -0.387. The minimum absolute atomic E-state index is 0.142. The monoisotopic (exact) mass is 364 g/mol. The summed E-state index contributed by atoms with van der Waals surface area (Å²) in [5, 5.41) is 11.1. The van der Waals surface area contributed by atoms with Gasteiger partial charge >= 0.3 is 5.97 Å². The molecule has 2 aromatic rings. The van der Waals surface area contributed by atoms with Crippen LogP contribution in [0.1, 0.15) is 22.8 Å². The van der Waals surface area contributed by atoms with E-state index in [2.05, 4.69) is 4.72 Å². The number of nitro benzene ring substituents is 1. The Kier molecular flexibility index (Phi) is 5.38. The number of nitrogens with zero attached hydrogens (tertiary/aromatic N) is 1. The third kappa shape index (κ3) is 3.94. The van der Waals surface area contributed by atoms with Gasteiger partial charge in [0.1, 0.15) is 0 Å². The highest BCUT2D eigenvalue weighted by Crippen LogP contribution is 2.27. The van der Waals surface area contributed by atoms with Crippen LogP contribution in [0.5, 0.6) is 0 Å². The molecule has 0 fully saturated rings. The van der Waals surface area contributed by atoms with E-state index in [1.807, 2.05) is 0 Å². The number of para-hydroxylation sites is 1. The molecule has 0 heterocycles. The molecule has 0 spiro atoms. The van der Waals surface area contributed by atoms with Gasteiger partial charge in [0.2, 0.25) is 0 Å². The Bertz CT molecular complexity index is 924. The first-order valence-electron chi connectivity index (χ1n) is 7.31. The molecule has 0 aliphatic carbocycles. The number of rotatable bonds is 6. The molecule has 25 heavy (non-hydrogen) atoms. The fourth-order valence-electron chi connectivity index (χ4n) is 2.21. The number of sulfonamides is 1. The van der Waals surface area contributed by atoms with Crippen molar-refractivity contribution in [2.24, 2.45) is 0 Å². The molecule has 0 aliphatic rings. The van der Waals surface area contributed by atoms with Crippen LogP contribution in [0.2, 0.25) is 0 Å². The zero-order valence-corrected chi connectivity index (χ0v) is 14.4. The number of hydrogen-bond donors (Lipinski definition) is 1. The predicted octanol–water partition coefficient (Wildman–Crippen LogP) is 2.88. The molecule has 0 saturated heterocycles. The summed E-state index contributed by atoms with van der Waals surface area (Å²) < 4.78 is 32.3. The summed E-state index contributed by atoms with van der Waals surface area (Å²) >= 11 is 0. The first kappa shape index (κ1) is 18.4. The van der Waals surface area contributed by atoms with Crippen molar-refractivity contribution in [1.29, 1.82) is 0 Å². The van der Waals surface area contributed by atoms with Crippen molar-refractivity contribution in [3.63, 3.8) is 0 Å². The van der Waals surface area contributed by atoms with Gasteiger partial charge in [-0.25, -0.2) is 13.2 Å². The van der Waals surface area contributed by atoms with Crippen LogP contribution in [-0.4, -0.2) is 25.9 Å². The standard InChI is InChI=1S/C16H16N2O6S/c1-3-24-16(19)12-7-6-8-13(11(12)2)17-25(22,23)15-10-5-4-9-14(15)18(20)21/h4-10,17H,3H2,1-2H3. The van der Waals surface area contributed by atoms with E-state index in [-0.39, 0.29) is 17.9 Å². The van der Waals surface area contributed by atoms with Gasteiger partial charge in [-0.1, -0.05) is 18.2 Å². The second kappa shape index (κ2) is 7.31. The third-order valence-electron chi connectivity index (χ3n) is 3.42. The fourth-order valence-corrected chi connectivity index (χ4v) is 3.51. The third-order valence-corrected chi connectivity index (χ3v) is 4.84. The highest BCUT2D eigenvalue weighted by Gasteiger charge is 2.26. The Hall–Kier alpha value is -2.94. The number of carbonyl (C=O) groups excluding carboxylic acids is 1. The number of ether oxygens (including phenoxy) is 1. The van der Waals surface area contributed by atoms with Crippen LogP contribution in [0.4, 0.5) is 11.4 Å². The van der Waals surface area contributed by atoms with Crippen molar-refractivity contribution >= 4 is 27.4 Å². The van der Waals surface area contributed by atoms with Gasteiger partial charge < -0.3 is 4.74 Å². The van der Waals surface area contributed by atoms with E-state index in [0.717, 1.165) is 12.1 Å². The molecular weight excluding hydrogens is 348 g/mol. The molecule has 9 heteroatoms. The Labute approximate surface area is 144 Å². The van der Waals surface area contributed by atoms with Crippen molar-refractivity contribution in [2.75, 3.05) is 11.3 Å². The molecule has 1 N–H and O–H groups in total. The van der Waals surface area contributed by atoms with Crippen molar-refractivity contribution in [3.05, 3.63) is 63.7 Å². The van der Waals surface area contributed by atoms with Crippen LogP contribution in [0.3, 0.4) is 0 Å². The zero-order valence-electron chi connectivity index (χ0n) is 13.6. The van der Waals surface area contributed by atoms with E-state index < -0.39 is 31.5 Å². The van der Waals surface area contributed by atoms with E-state index in [4.69, 9.17) is 4.74 Å². The molecule has 2 rings (SSSR count). The predicted molar refractivity (Wildman–Crippen MR) is 91.0 cm³/mol. The molecule has 8 nitrogen and oxygen atoms in total. The maximum atomic E-state index is 12.6. The van der Waals surface area contributed by atoms with Crippen LogP contribution < -0.4 is 4.72 Å². The van der Waals surface area contributed by atoms with E-state index in [9.17, 15) is 23.3 Å². The number of nitro groups is 1. The molecule has 0 bridgehead atoms. The Morgan fingerprint density at radius 1 is 1.20 bits per heavy atom. The van der Waals surface area contributed by atoms with Gasteiger partial charge in [0.05, 0.1) is 22.8 Å². The molecule has 132 valence electrons. The number of benzene rings is 2. The van der Waals surface area contributed by atoms with Crippen molar-refractivity contribution in [1.82, 2.24) is 0 Å². The van der Waals surface area contributed by atoms with Gasteiger partial charge in [-0.3, -0.25) is 14.8 Å². The Morgan fingerprint density at radius 2 is 1.88 bits per heavy atom. The molecule has 0 saturated carbocycles. The van der Waals surface area contributed by atoms with Gasteiger partial charge in [0, 0.05) is 6.07 Å². The second-order valence-corrected chi connectivity index (χ2v) is 6.68. The minimum atomic E-state index is -4.21. The summed E-state index contributed by atoms with van der Waals surface area (Å²) in [5.74, 6) is -0.577. The van der Waals surface area contributed by atoms with Crippen molar-refractivity contribution in [3.8, 4) is 0 Å². The topological polar surface area (TPSA) is 116 Å². The smallest absolute Gasteiger partial charge is 0.338 e. The molecule has 0 aromatic heterocycles. The maximum Gasteiger partial charge on any atom is 0.338 e. The summed E-state index contributed by atoms with van der Waals surface area (Å²) in [7, 11) is -4.21. The fraction of sp³-hybridized carbons (Fsp3) is 0.188. The number of hydrogen-bond acceptors (Lipinski definition) is 6. The largest absolute Gasteiger partial charge is 0.462 e. The Morgan fingerprint density at radius 3 is 2.52 bits per heavy atom. The number of carbonyl (C=O) groups is 1. The highest BCUT2D eigenvalue weighted by molar-refractivity contribution is 7.92. The molecule has 0 aliphatic heterocycles. The highest BCUT2D eigenvalue weighted by atomic mass is 32.2. The molecule has 0 unspecified atom stereocenters.